The van der Waals surface area contributed by atoms with Gasteiger partial charge in [-0.2, -0.15) is 0 Å². The number of primary amides is 1. The lowest BCUT2D eigenvalue weighted by molar-refractivity contribution is -0.149. The number of benzene rings is 1. The van der Waals surface area contributed by atoms with Crippen LogP contribution in [0, 0.1) is 5.92 Å². The van der Waals surface area contributed by atoms with Crippen molar-refractivity contribution in [2.24, 2.45) is 17.4 Å². The van der Waals surface area contributed by atoms with Crippen LogP contribution in [0.1, 0.15) is 58.9 Å². The molecule has 8 atom stereocenters. The van der Waals surface area contributed by atoms with E-state index in [2.05, 4.69) is 26.6 Å². The van der Waals surface area contributed by atoms with Crippen molar-refractivity contribution in [3.05, 3.63) is 29.8 Å². The number of aliphatic hydroxyl groups is 2. The van der Waals surface area contributed by atoms with Crippen LogP contribution in [0.3, 0.4) is 0 Å². The molecule has 0 bridgehead atoms. The average molecular weight is 765 g/mol. The van der Waals surface area contributed by atoms with Gasteiger partial charge in [0.2, 0.25) is 41.4 Å². The summed E-state index contributed by atoms with van der Waals surface area (Å²) in [7, 11) is 0. The molecule has 0 aliphatic carbocycles. The molecule has 0 aromatic heterocycles. The van der Waals surface area contributed by atoms with Crippen LogP contribution in [0.5, 0.6) is 5.75 Å². The van der Waals surface area contributed by atoms with Crippen molar-refractivity contribution in [2.75, 3.05) is 13.2 Å². The Labute approximate surface area is 311 Å². The van der Waals surface area contributed by atoms with Crippen LogP contribution in [0.4, 0.5) is 0 Å². The summed E-state index contributed by atoms with van der Waals surface area (Å²) in [4.78, 5) is 103. The summed E-state index contributed by atoms with van der Waals surface area (Å²) >= 11 is 0. The molecule has 1 fully saturated rings. The SMILES string of the molecule is CC(C)C[C@H](NC(=O)[C@H](CC(N)=O)NC(=O)[C@H](CO)NC(=O)[C@@H](NC(=O)[C@@H](N)Cc1ccc(O)cc1)[C@@H](C)O)C(=O)N[C@@H](C)C(=O)N1CCC[C@H]1C(=O)O. The van der Waals surface area contributed by atoms with E-state index in [0.717, 1.165) is 4.90 Å². The molecule has 1 saturated heterocycles. The fourth-order valence-electron chi connectivity index (χ4n) is 5.67. The van der Waals surface area contributed by atoms with E-state index < -0.39 is 109 Å². The molecule has 20 heteroatoms. The zero-order valence-electron chi connectivity index (χ0n) is 30.6. The fraction of sp³-hybridized carbons (Fsp3) is 0.588. The van der Waals surface area contributed by atoms with Crippen molar-refractivity contribution in [3.8, 4) is 5.75 Å². The van der Waals surface area contributed by atoms with Crippen LogP contribution in [-0.4, -0.2) is 134 Å². The number of likely N-dealkylation sites (tertiary alicyclic amines) is 1. The highest BCUT2D eigenvalue weighted by atomic mass is 16.4. The summed E-state index contributed by atoms with van der Waals surface area (Å²) in [5.41, 5.74) is 11.9. The molecule has 2 rings (SSSR count). The van der Waals surface area contributed by atoms with Crippen molar-refractivity contribution in [1.82, 2.24) is 31.5 Å². The number of aliphatic hydroxyl groups excluding tert-OH is 2. The molecular weight excluding hydrogens is 712 g/mol. The number of aliphatic carboxylic acids is 1. The van der Waals surface area contributed by atoms with E-state index in [-0.39, 0.29) is 37.5 Å². The van der Waals surface area contributed by atoms with Crippen molar-refractivity contribution in [3.63, 3.8) is 0 Å². The monoisotopic (exact) mass is 764 g/mol. The topological polar surface area (TPSA) is 333 Å². The highest BCUT2D eigenvalue weighted by Crippen LogP contribution is 2.19. The van der Waals surface area contributed by atoms with E-state index in [1.165, 1.54) is 38.1 Å². The smallest absolute Gasteiger partial charge is 0.326 e. The fourth-order valence-corrected chi connectivity index (χ4v) is 5.67. The minimum Gasteiger partial charge on any atom is -0.508 e. The Morgan fingerprint density at radius 2 is 1.37 bits per heavy atom. The predicted octanol–water partition coefficient (Wildman–Crippen LogP) is -3.92. The van der Waals surface area contributed by atoms with Crippen LogP contribution in [-0.2, 0) is 44.8 Å². The molecule has 1 aromatic rings. The summed E-state index contributed by atoms with van der Waals surface area (Å²) in [6.45, 7) is 5.18. The number of hydrogen-bond acceptors (Lipinski definition) is 12. The number of carboxylic acids is 1. The van der Waals surface area contributed by atoms with Crippen LogP contribution in [0.25, 0.3) is 0 Å². The van der Waals surface area contributed by atoms with Gasteiger partial charge in [-0.1, -0.05) is 26.0 Å². The normalized spacial score (nSPS) is 17.9. The highest BCUT2D eigenvalue weighted by molar-refractivity contribution is 5.98. The molecule has 13 N–H and O–H groups in total. The number of amides is 7. The number of carbonyl (C=O) groups excluding carboxylic acids is 7. The Kier molecular flexibility index (Phi) is 17.2. The third kappa shape index (κ3) is 13.6. The number of rotatable bonds is 20. The van der Waals surface area contributed by atoms with Crippen molar-refractivity contribution < 1.29 is 58.8 Å². The maximum absolute atomic E-state index is 13.4. The van der Waals surface area contributed by atoms with E-state index in [0.29, 0.717) is 12.0 Å². The molecule has 7 amide bonds. The van der Waals surface area contributed by atoms with Gasteiger partial charge >= 0.3 is 5.97 Å². The van der Waals surface area contributed by atoms with Gasteiger partial charge in [0.15, 0.2) is 0 Å². The van der Waals surface area contributed by atoms with Crippen molar-refractivity contribution >= 4 is 47.3 Å². The van der Waals surface area contributed by atoms with Gasteiger partial charge in [0.1, 0.15) is 42.0 Å². The predicted molar refractivity (Wildman–Crippen MR) is 190 cm³/mol. The van der Waals surface area contributed by atoms with Gasteiger partial charge in [0.25, 0.3) is 0 Å². The van der Waals surface area contributed by atoms with Crippen LogP contribution >= 0.6 is 0 Å². The number of carboxylic acid groups (broad SMARTS) is 1. The first-order chi connectivity index (χ1) is 25.2. The second-order valence-electron chi connectivity index (χ2n) is 13.6. The van der Waals surface area contributed by atoms with Gasteiger partial charge in [0.05, 0.1) is 25.2 Å². The minimum atomic E-state index is -1.77. The highest BCUT2D eigenvalue weighted by Gasteiger charge is 2.38. The van der Waals surface area contributed by atoms with E-state index in [1.54, 1.807) is 13.8 Å². The van der Waals surface area contributed by atoms with Crippen LogP contribution < -0.4 is 38.1 Å². The number of phenolic OH excluding ortho intramolecular Hbond substituents is 1. The lowest BCUT2D eigenvalue weighted by Crippen LogP contribution is -2.62. The maximum Gasteiger partial charge on any atom is 0.326 e. The molecule has 300 valence electrons. The summed E-state index contributed by atoms with van der Waals surface area (Å²) in [5, 5.41) is 50.7. The molecule has 20 nitrogen and oxygen atoms in total. The molecule has 0 spiro atoms. The second kappa shape index (κ2) is 20.8. The first kappa shape index (κ1) is 44.8. The van der Waals surface area contributed by atoms with Gasteiger partial charge in [-0.25, -0.2) is 4.79 Å². The van der Waals surface area contributed by atoms with E-state index >= 15 is 0 Å². The minimum absolute atomic E-state index is 0.00118. The third-order valence-electron chi connectivity index (χ3n) is 8.54. The lowest BCUT2D eigenvalue weighted by Gasteiger charge is -2.28. The quantitative estimate of drug-likeness (QED) is 0.0605. The van der Waals surface area contributed by atoms with Gasteiger partial charge in [-0.15, -0.1) is 0 Å². The largest absolute Gasteiger partial charge is 0.508 e. The number of carbonyl (C=O) groups is 8. The summed E-state index contributed by atoms with van der Waals surface area (Å²) in [5.74, 6) is -8.01. The Bertz CT molecular complexity index is 1520. The molecule has 1 aliphatic rings. The summed E-state index contributed by atoms with van der Waals surface area (Å²) in [6, 6.07) is -3.96. The number of nitrogens with two attached hydrogens (primary N) is 2. The molecule has 54 heavy (non-hydrogen) atoms. The third-order valence-corrected chi connectivity index (χ3v) is 8.54. The standard InChI is InChI=1S/C34H52N8O12/c1-16(2)12-22(29(48)37-17(3)33(52)42-11-5-6-25(42)34(53)54)38-30(49)23(14-26(36)46)39-31(50)24(15-43)40-32(51)27(18(4)44)41-28(47)21(35)13-19-7-9-20(45)10-8-19/h7-10,16-18,21-25,27,43-45H,5-6,11-15,35H2,1-4H3,(H2,36,46)(H,37,48)(H,38,49)(H,39,50)(H,40,51)(H,41,47)(H,53,54)/t17-,18+,21-,22-,23-,24-,25-,27-/m0/s1. The number of nitrogens with zero attached hydrogens (tertiary/aromatic N) is 1. The Morgan fingerprint density at radius 3 is 1.91 bits per heavy atom. The van der Waals surface area contributed by atoms with E-state index in [4.69, 9.17) is 11.5 Å². The Hall–Kier alpha value is -5.34. The van der Waals surface area contributed by atoms with E-state index in [9.17, 15) is 58.8 Å². The van der Waals surface area contributed by atoms with Gasteiger partial charge in [-0.05, 0) is 63.1 Å². The number of phenols is 1. The first-order valence-electron chi connectivity index (χ1n) is 17.4. The maximum atomic E-state index is 13.4. The van der Waals surface area contributed by atoms with E-state index in [1.807, 2.05) is 0 Å². The Balaban J connectivity index is 2.13. The summed E-state index contributed by atoms with van der Waals surface area (Å²) < 4.78 is 0. The lowest BCUT2D eigenvalue weighted by atomic mass is 10.0. The molecule has 1 aromatic carbocycles. The molecule has 1 aliphatic heterocycles. The van der Waals surface area contributed by atoms with Gasteiger partial charge in [0, 0.05) is 6.54 Å². The molecule has 0 unspecified atom stereocenters. The van der Waals surface area contributed by atoms with Crippen molar-refractivity contribution in [1.29, 1.82) is 0 Å². The Morgan fingerprint density at radius 1 is 0.815 bits per heavy atom. The number of hydrogen-bond donors (Lipinski definition) is 11. The molecule has 0 radical (unpaired) electrons. The second-order valence-corrected chi connectivity index (χ2v) is 13.6. The first-order valence-corrected chi connectivity index (χ1v) is 17.4. The zero-order valence-corrected chi connectivity index (χ0v) is 30.6. The zero-order chi connectivity index (χ0) is 40.9. The number of aromatic hydroxyl groups is 1. The summed E-state index contributed by atoms with van der Waals surface area (Å²) in [6.07, 6.45) is -1.51. The molecule has 0 saturated carbocycles. The van der Waals surface area contributed by atoms with Crippen molar-refractivity contribution in [2.45, 2.75) is 108 Å². The molecular formula is C34H52N8O12. The average Bonchev–Trinajstić information content (AvgIpc) is 3.59. The van der Waals surface area contributed by atoms with Gasteiger partial charge < -0.3 is 63.4 Å². The van der Waals surface area contributed by atoms with Crippen LogP contribution in [0.2, 0.25) is 0 Å². The van der Waals surface area contributed by atoms with Gasteiger partial charge in [-0.3, -0.25) is 33.6 Å². The van der Waals surface area contributed by atoms with Crippen LogP contribution in [0.15, 0.2) is 24.3 Å². The molecule has 1 heterocycles. The number of nitrogens with one attached hydrogen (secondary N) is 5.